The van der Waals surface area contributed by atoms with Gasteiger partial charge in [-0.1, -0.05) is 0 Å². The summed E-state index contributed by atoms with van der Waals surface area (Å²) in [4.78, 5) is 12.1. The maximum Gasteiger partial charge on any atom is 0.139 e. The van der Waals surface area contributed by atoms with Gasteiger partial charge in [0, 0.05) is 30.5 Å². The summed E-state index contributed by atoms with van der Waals surface area (Å²) >= 11 is 0. The van der Waals surface area contributed by atoms with Crippen LogP contribution in [-0.4, -0.2) is 32.6 Å². The molecule has 0 atom stereocenters. The number of nitrogens with zero attached hydrogens (tertiary/aromatic N) is 3. The molecule has 0 bridgehead atoms. The Labute approximate surface area is 104 Å². The number of quaternary nitrogens is 1. The third-order valence-corrected chi connectivity index (χ3v) is 3.92. The molecule has 0 spiro atoms. The zero-order chi connectivity index (χ0) is 11.9. The van der Waals surface area contributed by atoms with Gasteiger partial charge < -0.3 is 14.9 Å². The number of aromatic nitrogens is 4. The second-order valence-corrected chi connectivity index (χ2v) is 4.98. The van der Waals surface area contributed by atoms with Crippen LogP contribution in [0.3, 0.4) is 0 Å². The van der Waals surface area contributed by atoms with Crippen LogP contribution >= 0.6 is 0 Å². The number of nitrogens with two attached hydrogens (primary N) is 1. The quantitative estimate of drug-likeness (QED) is 0.663. The summed E-state index contributed by atoms with van der Waals surface area (Å²) in [5.41, 5.74) is 3.18. The van der Waals surface area contributed by atoms with E-state index in [0.29, 0.717) is 6.04 Å². The van der Waals surface area contributed by atoms with Crippen molar-refractivity contribution in [3.05, 3.63) is 24.8 Å². The van der Waals surface area contributed by atoms with Crippen LogP contribution in [0.2, 0.25) is 0 Å². The highest BCUT2D eigenvalue weighted by Gasteiger charge is 2.20. The molecule has 0 unspecified atom stereocenters. The van der Waals surface area contributed by atoms with Crippen molar-refractivity contribution in [3.8, 4) is 0 Å². The van der Waals surface area contributed by atoms with E-state index >= 15 is 0 Å². The molecule has 3 N–H and O–H groups in total. The van der Waals surface area contributed by atoms with Crippen molar-refractivity contribution in [2.24, 2.45) is 0 Å². The lowest BCUT2D eigenvalue weighted by Gasteiger charge is -2.22. The van der Waals surface area contributed by atoms with Crippen molar-refractivity contribution >= 4 is 22.1 Å². The van der Waals surface area contributed by atoms with Crippen molar-refractivity contribution < 1.29 is 5.32 Å². The Morgan fingerprint density at radius 1 is 1.28 bits per heavy atom. The van der Waals surface area contributed by atoms with Gasteiger partial charge in [-0.15, -0.1) is 0 Å². The largest absolute Gasteiger partial charge is 0.346 e. The molecule has 3 aromatic heterocycles. The Bertz CT molecular complexity index is 690. The second-order valence-electron chi connectivity index (χ2n) is 4.98. The van der Waals surface area contributed by atoms with Crippen LogP contribution in [0.5, 0.6) is 0 Å². The lowest BCUT2D eigenvalue weighted by Crippen LogP contribution is -2.86. The molecule has 0 amide bonds. The van der Waals surface area contributed by atoms with E-state index in [2.05, 4.69) is 30.9 Å². The van der Waals surface area contributed by atoms with Crippen LogP contribution in [-0.2, 0) is 0 Å². The number of hydrogen-bond donors (Lipinski definition) is 2. The monoisotopic (exact) mass is 242 g/mol. The molecule has 0 saturated carbocycles. The van der Waals surface area contributed by atoms with Crippen LogP contribution in [0.4, 0.5) is 0 Å². The summed E-state index contributed by atoms with van der Waals surface area (Å²) in [5, 5.41) is 3.57. The Balaban J connectivity index is 1.96. The molecule has 0 aromatic carbocycles. The topological polar surface area (TPSA) is 63.1 Å². The van der Waals surface area contributed by atoms with Gasteiger partial charge in [-0.2, -0.15) is 0 Å². The minimum absolute atomic E-state index is 0.584. The highest BCUT2D eigenvalue weighted by atomic mass is 15.1. The van der Waals surface area contributed by atoms with E-state index in [4.69, 9.17) is 0 Å². The summed E-state index contributed by atoms with van der Waals surface area (Å²) < 4.78 is 2.35. The zero-order valence-corrected chi connectivity index (χ0v) is 10.1. The number of fused-ring (bicyclic) bond motifs is 3. The first-order chi connectivity index (χ1) is 8.93. The first kappa shape index (κ1) is 10.1. The van der Waals surface area contributed by atoms with E-state index < -0.39 is 0 Å². The van der Waals surface area contributed by atoms with Gasteiger partial charge in [0.25, 0.3) is 0 Å². The maximum absolute atomic E-state index is 4.50. The molecule has 4 rings (SSSR count). The fourth-order valence-electron chi connectivity index (χ4n) is 3.00. The Kier molecular flexibility index (Phi) is 2.14. The highest BCUT2D eigenvalue weighted by molar-refractivity contribution is 6.00. The van der Waals surface area contributed by atoms with Crippen LogP contribution in [0.15, 0.2) is 24.8 Å². The zero-order valence-electron chi connectivity index (χ0n) is 10.1. The molecule has 18 heavy (non-hydrogen) atoms. The van der Waals surface area contributed by atoms with E-state index in [9.17, 15) is 0 Å². The van der Waals surface area contributed by atoms with Gasteiger partial charge in [-0.25, -0.2) is 9.97 Å². The van der Waals surface area contributed by atoms with E-state index in [0.717, 1.165) is 11.2 Å². The first-order valence-corrected chi connectivity index (χ1v) is 6.54. The van der Waals surface area contributed by atoms with E-state index in [1.165, 1.54) is 36.8 Å². The Hall–Kier alpha value is -1.88. The van der Waals surface area contributed by atoms with Gasteiger partial charge in [0.1, 0.15) is 11.2 Å². The van der Waals surface area contributed by atoms with Gasteiger partial charge in [0.05, 0.1) is 31.1 Å². The number of piperidine rings is 1. The minimum atomic E-state index is 0.584. The SMILES string of the molecule is c1cc2c(ncc3ncn(C4CC[NH2+]CC4)c32)[nH]1. The standard InChI is InChI=1S/C13H15N5/c1-4-14-5-2-9(1)18-8-17-11-7-16-13-10(12(11)18)3-6-15-13/h3,6-9,14H,1-2,4-5H2,(H,15,16)/p+1. The average Bonchev–Trinajstić information content (AvgIpc) is 3.05. The average molecular weight is 242 g/mol. The predicted molar refractivity (Wildman–Crippen MR) is 69.3 cm³/mol. The van der Waals surface area contributed by atoms with Crippen molar-refractivity contribution in [3.63, 3.8) is 0 Å². The van der Waals surface area contributed by atoms with Gasteiger partial charge in [0.15, 0.2) is 0 Å². The fourth-order valence-corrected chi connectivity index (χ4v) is 3.00. The van der Waals surface area contributed by atoms with Crippen molar-refractivity contribution in [2.45, 2.75) is 18.9 Å². The van der Waals surface area contributed by atoms with E-state index in [1.807, 2.05) is 18.7 Å². The molecule has 1 fully saturated rings. The maximum atomic E-state index is 4.50. The molecule has 1 saturated heterocycles. The minimum Gasteiger partial charge on any atom is -0.346 e. The van der Waals surface area contributed by atoms with Crippen molar-refractivity contribution in [2.75, 3.05) is 13.1 Å². The molecular weight excluding hydrogens is 226 g/mol. The van der Waals surface area contributed by atoms with Gasteiger partial charge in [-0.3, -0.25) is 0 Å². The second kappa shape index (κ2) is 3.81. The number of pyridine rings is 1. The lowest BCUT2D eigenvalue weighted by atomic mass is 10.1. The van der Waals surface area contributed by atoms with Crippen LogP contribution < -0.4 is 5.32 Å². The normalized spacial score (nSPS) is 17.8. The smallest absolute Gasteiger partial charge is 0.139 e. The number of H-pyrrole nitrogens is 1. The summed E-state index contributed by atoms with van der Waals surface area (Å²) in [7, 11) is 0. The summed E-state index contributed by atoms with van der Waals surface area (Å²) in [6.45, 7) is 2.43. The molecule has 5 heteroatoms. The number of rotatable bonds is 1. The number of hydrogen-bond acceptors (Lipinski definition) is 2. The summed E-state index contributed by atoms with van der Waals surface area (Å²) in [5.74, 6) is 0. The van der Waals surface area contributed by atoms with Crippen LogP contribution in [0.25, 0.3) is 22.1 Å². The Morgan fingerprint density at radius 2 is 2.17 bits per heavy atom. The highest BCUT2D eigenvalue weighted by Crippen LogP contribution is 2.27. The third kappa shape index (κ3) is 1.37. The number of nitrogens with one attached hydrogen (secondary N) is 1. The molecule has 5 nitrogen and oxygen atoms in total. The number of aromatic amines is 1. The van der Waals surface area contributed by atoms with Crippen molar-refractivity contribution in [1.29, 1.82) is 0 Å². The molecule has 1 aliphatic heterocycles. The third-order valence-electron chi connectivity index (χ3n) is 3.92. The van der Waals surface area contributed by atoms with Crippen molar-refractivity contribution in [1.82, 2.24) is 19.5 Å². The fraction of sp³-hybridized carbons (Fsp3) is 0.385. The van der Waals surface area contributed by atoms with Crippen LogP contribution in [0.1, 0.15) is 18.9 Å². The van der Waals surface area contributed by atoms with Crippen LogP contribution in [0, 0.1) is 0 Å². The molecule has 1 aliphatic rings. The molecule has 0 radical (unpaired) electrons. The number of imidazole rings is 1. The predicted octanol–water partition coefficient (Wildman–Crippen LogP) is 0.811. The molecule has 92 valence electrons. The summed E-state index contributed by atoms with van der Waals surface area (Å²) in [6, 6.07) is 2.68. The molecule has 0 aliphatic carbocycles. The van der Waals surface area contributed by atoms with Gasteiger partial charge >= 0.3 is 0 Å². The molecular formula is C13H16N5+. The van der Waals surface area contributed by atoms with Gasteiger partial charge in [0.2, 0.25) is 0 Å². The first-order valence-electron chi connectivity index (χ1n) is 6.54. The molecule has 3 aromatic rings. The lowest BCUT2D eigenvalue weighted by molar-refractivity contribution is -0.664. The van der Waals surface area contributed by atoms with Gasteiger partial charge in [-0.05, 0) is 6.07 Å². The van der Waals surface area contributed by atoms with E-state index in [1.54, 1.807) is 0 Å². The molecule has 4 heterocycles. The summed E-state index contributed by atoms with van der Waals surface area (Å²) in [6.07, 6.45) is 8.23. The Morgan fingerprint density at radius 3 is 3.06 bits per heavy atom. The van der Waals surface area contributed by atoms with E-state index in [-0.39, 0.29) is 0 Å².